The van der Waals surface area contributed by atoms with E-state index in [4.69, 9.17) is 0 Å². The molecule has 1 unspecified atom stereocenters. The zero-order chi connectivity index (χ0) is 19.9. The average molecular weight is 395 g/mol. The molecule has 1 aromatic heterocycles. The van der Waals surface area contributed by atoms with Crippen LogP contribution in [0.4, 0.5) is 0 Å². The molecule has 0 spiro atoms. The summed E-state index contributed by atoms with van der Waals surface area (Å²) in [6.07, 6.45) is 9.08. The standard InChI is InChI=1S/C28H30N2/c1-2-7-19(8-3-1)21-13-14-26-25(17-21)24-15-16-29-27(28(24)30-26)18-22-11-6-10-20-9-4-5-12-23(20)22/h4-6,9-14,17,19,27,29-30H,1-3,7-8,15-16,18H2. The van der Waals surface area contributed by atoms with Crippen LogP contribution in [0.1, 0.15) is 66.4 Å². The minimum atomic E-state index is 0.352. The van der Waals surface area contributed by atoms with Gasteiger partial charge in [0, 0.05) is 16.6 Å². The predicted molar refractivity (Wildman–Crippen MR) is 126 cm³/mol. The third-order valence-electron chi connectivity index (χ3n) is 7.46. The smallest absolute Gasteiger partial charge is 0.0517 e. The molecule has 2 N–H and O–H groups in total. The maximum absolute atomic E-state index is 3.80. The zero-order valence-electron chi connectivity index (χ0n) is 17.6. The first kappa shape index (κ1) is 18.2. The van der Waals surface area contributed by atoms with E-state index in [1.165, 1.54) is 65.0 Å². The first-order chi connectivity index (χ1) is 14.9. The van der Waals surface area contributed by atoms with Crippen LogP contribution in [0, 0.1) is 0 Å². The fourth-order valence-corrected chi connectivity index (χ4v) is 5.88. The van der Waals surface area contributed by atoms with Crippen molar-refractivity contribution in [3.05, 3.63) is 83.0 Å². The summed E-state index contributed by atoms with van der Waals surface area (Å²) in [7, 11) is 0. The molecule has 2 aliphatic rings. The van der Waals surface area contributed by atoms with Crippen LogP contribution in [0.2, 0.25) is 0 Å². The first-order valence-corrected chi connectivity index (χ1v) is 11.7. The predicted octanol–water partition coefficient (Wildman–Crippen LogP) is 6.80. The Labute approximate surface area is 178 Å². The van der Waals surface area contributed by atoms with Gasteiger partial charge in [-0.05, 0) is 77.7 Å². The third-order valence-corrected chi connectivity index (χ3v) is 7.46. The normalized spacial score (nSPS) is 19.9. The highest BCUT2D eigenvalue weighted by molar-refractivity contribution is 5.87. The largest absolute Gasteiger partial charge is 0.357 e. The van der Waals surface area contributed by atoms with Gasteiger partial charge in [-0.3, -0.25) is 0 Å². The number of H-pyrrole nitrogens is 1. The molecule has 2 heterocycles. The Kier molecular flexibility index (Phi) is 4.61. The number of rotatable bonds is 3. The number of hydrogen-bond acceptors (Lipinski definition) is 1. The summed E-state index contributed by atoms with van der Waals surface area (Å²) in [6, 6.07) is 23.1. The molecule has 1 saturated carbocycles. The van der Waals surface area contributed by atoms with Crippen LogP contribution < -0.4 is 5.32 Å². The van der Waals surface area contributed by atoms with Gasteiger partial charge in [-0.1, -0.05) is 67.8 Å². The van der Waals surface area contributed by atoms with Gasteiger partial charge in [0.1, 0.15) is 0 Å². The third kappa shape index (κ3) is 3.15. The van der Waals surface area contributed by atoms with Gasteiger partial charge in [0.05, 0.1) is 6.04 Å². The van der Waals surface area contributed by atoms with Crippen LogP contribution in [0.3, 0.4) is 0 Å². The van der Waals surface area contributed by atoms with Gasteiger partial charge in [-0.15, -0.1) is 0 Å². The van der Waals surface area contributed by atoms with Crippen molar-refractivity contribution in [2.24, 2.45) is 0 Å². The quantitative estimate of drug-likeness (QED) is 0.393. The van der Waals surface area contributed by atoms with Crippen molar-refractivity contribution in [2.45, 2.75) is 56.9 Å². The molecule has 1 aliphatic carbocycles. The van der Waals surface area contributed by atoms with Gasteiger partial charge in [0.2, 0.25) is 0 Å². The van der Waals surface area contributed by atoms with Crippen LogP contribution in [-0.4, -0.2) is 11.5 Å². The van der Waals surface area contributed by atoms with Gasteiger partial charge in [0.25, 0.3) is 0 Å². The molecule has 2 nitrogen and oxygen atoms in total. The fourth-order valence-electron chi connectivity index (χ4n) is 5.88. The van der Waals surface area contributed by atoms with E-state index in [9.17, 15) is 0 Å². The van der Waals surface area contributed by atoms with E-state index >= 15 is 0 Å². The van der Waals surface area contributed by atoms with Gasteiger partial charge in [-0.2, -0.15) is 0 Å². The second-order valence-corrected chi connectivity index (χ2v) is 9.26. The number of hydrogen-bond donors (Lipinski definition) is 2. The first-order valence-electron chi connectivity index (χ1n) is 11.7. The molecule has 1 fully saturated rings. The Balaban J connectivity index is 1.37. The van der Waals surface area contributed by atoms with Crippen LogP contribution in [0.15, 0.2) is 60.7 Å². The molecule has 1 aliphatic heterocycles. The second kappa shape index (κ2) is 7.59. The van der Waals surface area contributed by atoms with Crippen molar-refractivity contribution in [1.82, 2.24) is 10.3 Å². The van der Waals surface area contributed by atoms with Gasteiger partial charge >= 0.3 is 0 Å². The van der Waals surface area contributed by atoms with Crippen molar-refractivity contribution >= 4 is 21.7 Å². The Morgan fingerprint density at radius 2 is 1.70 bits per heavy atom. The molecule has 0 radical (unpaired) electrons. The molecule has 30 heavy (non-hydrogen) atoms. The van der Waals surface area contributed by atoms with Crippen molar-refractivity contribution in [3.8, 4) is 0 Å². The van der Waals surface area contributed by atoms with E-state index in [-0.39, 0.29) is 0 Å². The van der Waals surface area contributed by atoms with Crippen LogP contribution >= 0.6 is 0 Å². The maximum atomic E-state index is 3.80. The highest BCUT2D eigenvalue weighted by Crippen LogP contribution is 2.37. The fraction of sp³-hybridized carbons (Fsp3) is 0.357. The summed E-state index contributed by atoms with van der Waals surface area (Å²) in [5, 5.41) is 7.98. The second-order valence-electron chi connectivity index (χ2n) is 9.26. The molecule has 1 atom stereocenters. The highest BCUT2D eigenvalue weighted by Gasteiger charge is 2.25. The van der Waals surface area contributed by atoms with Crippen molar-refractivity contribution in [2.75, 3.05) is 6.54 Å². The lowest BCUT2D eigenvalue weighted by Gasteiger charge is -2.25. The minimum absolute atomic E-state index is 0.352. The van der Waals surface area contributed by atoms with Gasteiger partial charge in [0.15, 0.2) is 0 Å². The molecule has 3 aromatic carbocycles. The Morgan fingerprint density at radius 3 is 2.63 bits per heavy atom. The summed E-state index contributed by atoms with van der Waals surface area (Å²) >= 11 is 0. The molecule has 2 heteroatoms. The molecule has 152 valence electrons. The molecular weight excluding hydrogens is 364 g/mol. The van der Waals surface area contributed by atoms with Crippen LogP contribution in [0.5, 0.6) is 0 Å². The number of benzene rings is 3. The van der Waals surface area contributed by atoms with E-state index in [1.807, 2.05) is 0 Å². The average Bonchev–Trinajstić information content (AvgIpc) is 3.19. The van der Waals surface area contributed by atoms with E-state index in [1.54, 1.807) is 11.1 Å². The van der Waals surface area contributed by atoms with Crippen LogP contribution in [0.25, 0.3) is 21.7 Å². The van der Waals surface area contributed by atoms with Crippen LogP contribution in [-0.2, 0) is 12.8 Å². The molecule has 0 bridgehead atoms. The summed E-state index contributed by atoms with van der Waals surface area (Å²) in [6.45, 7) is 1.06. The molecular formula is C28H30N2. The topological polar surface area (TPSA) is 27.8 Å². The van der Waals surface area contributed by atoms with E-state index in [0.29, 0.717) is 6.04 Å². The minimum Gasteiger partial charge on any atom is -0.357 e. The van der Waals surface area contributed by atoms with Crippen molar-refractivity contribution in [1.29, 1.82) is 0 Å². The lowest BCUT2D eigenvalue weighted by Crippen LogP contribution is -2.31. The number of fused-ring (bicyclic) bond motifs is 4. The van der Waals surface area contributed by atoms with Gasteiger partial charge in [-0.25, -0.2) is 0 Å². The summed E-state index contributed by atoms with van der Waals surface area (Å²) < 4.78 is 0. The van der Waals surface area contributed by atoms with E-state index < -0.39 is 0 Å². The van der Waals surface area contributed by atoms with E-state index in [0.717, 1.165) is 25.3 Å². The summed E-state index contributed by atoms with van der Waals surface area (Å²) in [5.74, 6) is 0.766. The number of nitrogens with one attached hydrogen (secondary N) is 2. The lowest BCUT2D eigenvalue weighted by atomic mass is 9.83. The van der Waals surface area contributed by atoms with Crippen molar-refractivity contribution < 1.29 is 0 Å². The summed E-state index contributed by atoms with van der Waals surface area (Å²) in [5.41, 5.74) is 7.26. The highest BCUT2D eigenvalue weighted by atomic mass is 15.0. The van der Waals surface area contributed by atoms with Gasteiger partial charge < -0.3 is 10.3 Å². The zero-order valence-corrected chi connectivity index (χ0v) is 17.6. The maximum Gasteiger partial charge on any atom is 0.0517 e. The van der Waals surface area contributed by atoms with Crippen molar-refractivity contribution in [3.63, 3.8) is 0 Å². The number of aromatic nitrogens is 1. The monoisotopic (exact) mass is 394 g/mol. The lowest BCUT2D eigenvalue weighted by molar-refractivity contribution is 0.444. The SMILES string of the molecule is c1ccc2c(CC3NCCc4c3[nH]c3ccc(C5CCCCC5)cc43)cccc2c1. The Hall–Kier alpha value is -2.58. The Bertz CT molecular complexity index is 1190. The molecule has 4 aromatic rings. The molecule has 0 amide bonds. The molecule has 0 saturated heterocycles. The van der Waals surface area contributed by atoms with E-state index in [2.05, 4.69) is 71.0 Å². The number of aromatic amines is 1. The molecule has 6 rings (SSSR count). The summed E-state index contributed by atoms with van der Waals surface area (Å²) in [4.78, 5) is 3.80. The Morgan fingerprint density at radius 1 is 0.833 bits per heavy atom.